The molecule has 1 heterocycles. The van der Waals surface area contributed by atoms with Gasteiger partial charge in [-0.25, -0.2) is 0 Å². The molecule has 0 aliphatic carbocycles. The minimum Gasteiger partial charge on any atom is -0.396 e. The number of aromatic nitrogens is 1. The standard InChI is InChI=1S/C17H16ClN3/c18-14-7-2-8-15(16(14)19)20-11-9-13-5-1-4-12-6-3-10-21-17(12)13/h1-8,10,20H,9,11,19H2. The highest BCUT2D eigenvalue weighted by atomic mass is 35.5. The number of hydrogen-bond donors (Lipinski definition) is 2. The van der Waals surface area contributed by atoms with E-state index in [2.05, 4.69) is 34.6 Å². The number of nitrogens with two attached hydrogens (primary N) is 1. The zero-order valence-corrected chi connectivity index (χ0v) is 12.3. The van der Waals surface area contributed by atoms with E-state index in [-0.39, 0.29) is 0 Å². The maximum absolute atomic E-state index is 6.01. The third-order valence-corrected chi connectivity index (χ3v) is 3.81. The molecule has 0 saturated heterocycles. The van der Waals surface area contributed by atoms with Crippen molar-refractivity contribution in [2.75, 3.05) is 17.6 Å². The lowest BCUT2D eigenvalue weighted by Gasteiger charge is -2.11. The lowest BCUT2D eigenvalue weighted by Crippen LogP contribution is -2.07. The Labute approximate surface area is 128 Å². The van der Waals surface area contributed by atoms with Crippen molar-refractivity contribution < 1.29 is 0 Å². The first-order valence-electron chi connectivity index (χ1n) is 6.86. The van der Waals surface area contributed by atoms with Crippen LogP contribution in [0, 0.1) is 0 Å². The van der Waals surface area contributed by atoms with Crippen molar-refractivity contribution in [3.63, 3.8) is 0 Å². The van der Waals surface area contributed by atoms with Crippen molar-refractivity contribution in [2.45, 2.75) is 6.42 Å². The molecule has 0 atom stereocenters. The maximum atomic E-state index is 6.01. The molecule has 0 aliphatic heterocycles. The summed E-state index contributed by atoms with van der Waals surface area (Å²) in [6, 6.07) is 15.9. The molecular formula is C17H16ClN3. The van der Waals surface area contributed by atoms with Gasteiger partial charge in [-0.15, -0.1) is 0 Å². The van der Waals surface area contributed by atoms with E-state index >= 15 is 0 Å². The molecular weight excluding hydrogens is 282 g/mol. The molecule has 3 rings (SSSR count). The van der Waals surface area contributed by atoms with E-state index in [9.17, 15) is 0 Å². The molecule has 0 spiro atoms. The van der Waals surface area contributed by atoms with Crippen molar-refractivity contribution in [3.05, 3.63) is 65.3 Å². The second-order valence-corrected chi connectivity index (χ2v) is 5.28. The third-order valence-electron chi connectivity index (χ3n) is 3.48. The molecule has 0 radical (unpaired) electrons. The highest BCUT2D eigenvalue weighted by Crippen LogP contribution is 2.26. The van der Waals surface area contributed by atoms with Crippen LogP contribution >= 0.6 is 11.6 Å². The van der Waals surface area contributed by atoms with E-state index in [1.807, 2.05) is 24.4 Å². The molecule has 3 aromatic rings. The SMILES string of the molecule is Nc1c(Cl)cccc1NCCc1cccc2cccnc12. The van der Waals surface area contributed by atoms with Crippen molar-refractivity contribution in [1.29, 1.82) is 0 Å². The molecule has 0 aliphatic rings. The van der Waals surface area contributed by atoms with Crippen molar-refractivity contribution >= 4 is 33.9 Å². The first-order valence-corrected chi connectivity index (χ1v) is 7.24. The maximum Gasteiger partial charge on any atom is 0.0739 e. The zero-order chi connectivity index (χ0) is 14.7. The average molecular weight is 298 g/mol. The fourth-order valence-electron chi connectivity index (χ4n) is 2.39. The summed E-state index contributed by atoms with van der Waals surface area (Å²) < 4.78 is 0. The van der Waals surface area contributed by atoms with Gasteiger partial charge in [0.15, 0.2) is 0 Å². The second-order valence-electron chi connectivity index (χ2n) is 4.87. The second kappa shape index (κ2) is 6.02. The molecule has 0 saturated carbocycles. The summed E-state index contributed by atoms with van der Waals surface area (Å²) in [6.07, 6.45) is 2.70. The Kier molecular flexibility index (Phi) is 3.93. The molecule has 106 valence electrons. The zero-order valence-electron chi connectivity index (χ0n) is 11.5. The highest BCUT2D eigenvalue weighted by Gasteiger charge is 2.04. The summed E-state index contributed by atoms with van der Waals surface area (Å²) in [5.74, 6) is 0. The van der Waals surface area contributed by atoms with Gasteiger partial charge in [0.25, 0.3) is 0 Å². The predicted molar refractivity (Wildman–Crippen MR) is 89.8 cm³/mol. The summed E-state index contributed by atoms with van der Waals surface area (Å²) in [5, 5.41) is 5.07. The van der Waals surface area contributed by atoms with E-state index in [0.29, 0.717) is 10.7 Å². The lowest BCUT2D eigenvalue weighted by molar-refractivity contribution is 1.03. The van der Waals surface area contributed by atoms with Gasteiger partial charge < -0.3 is 11.1 Å². The van der Waals surface area contributed by atoms with E-state index in [4.69, 9.17) is 17.3 Å². The highest BCUT2D eigenvalue weighted by molar-refractivity contribution is 6.33. The molecule has 0 fully saturated rings. The first kappa shape index (κ1) is 13.7. The molecule has 0 amide bonds. The lowest BCUT2D eigenvalue weighted by atomic mass is 10.1. The summed E-state index contributed by atoms with van der Waals surface area (Å²) >= 11 is 6.01. The van der Waals surface area contributed by atoms with Crippen LogP contribution in [0.1, 0.15) is 5.56 Å². The van der Waals surface area contributed by atoms with Gasteiger partial charge in [0.2, 0.25) is 0 Å². The van der Waals surface area contributed by atoms with Crippen LogP contribution in [-0.2, 0) is 6.42 Å². The van der Waals surface area contributed by atoms with Crippen molar-refractivity contribution in [2.24, 2.45) is 0 Å². The predicted octanol–water partition coefficient (Wildman–Crippen LogP) is 4.13. The van der Waals surface area contributed by atoms with Gasteiger partial charge in [0.1, 0.15) is 0 Å². The normalized spacial score (nSPS) is 10.7. The van der Waals surface area contributed by atoms with Crippen LogP contribution in [0.2, 0.25) is 5.02 Å². The molecule has 4 heteroatoms. The summed E-state index contributed by atoms with van der Waals surface area (Å²) in [7, 11) is 0. The number of para-hydroxylation sites is 2. The topological polar surface area (TPSA) is 50.9 Å². The molecule has 21 heavy (non-hydrogen) atoms. The van der Waals surface area contributed by atoms with E-state index in [1.54, 1.807) is 6.07 Å². The molecule has 0 unspecified atom stereocenters. The van der Waals surface area contributed by atoms with Crippen LogP contribution in [0.4, 0.5) is 11.4 Å². The van der Waals surface area contributed by atoms with Gasteiger partial charge in [-0.1, -0.05) is 41.9 Å². The summed E-state index contributed by atoms with van der Waals surface area (Å²) in [5.41, 5.74) is 9.69. The molecule has 3 nitrogen and oxygen atoms in total. The van der Waals surface area contributed by atoms with E-state index in [0.717, 1.165) is 29.6 Å². The molecule has 3 N–H and O–H groups in total. The molecule has 1 aromatic heterocycles. The number of halogens is 1. The van der Waals surface area contributed by atoms with Crippen LogP contribution < -0.4 is 11.1 Å². The van der Waals surface area contributed by atoms with Gasteiger partial charge >= 0.3 is 0 Å². The molecule has 2 aromatic carbocycles. The summed E-state index contributed by atoms with van der Waals surface area (Å²) in [4.78, 5) is 4.46. The first-order chi connectivity index (χ1) is 10.3. The Morgan fingerprint density at radius 2 is 1.86 bits per heavy atom. The smallest absolute Gasteiger partial charge is 0.0739 e. The fraction of sp³-hybridized carbons (Fsp3) is 0.118. The van der Waals surface area contributed by atoms with E-state index < -0.39 is 0 Å². The van der Waals surface area contributed by atoms with Crippen molar-refractivity contribution in [1.82, 2.24) is 4.98 Å². The average Bonchev–Trinajstić information content (AvgIpc) is 2.52. The Morgan fingerprint density at radius 3 is 2.76 bits per heavy atom. The van der Waals surface area contributed by atoms with Gasteiger partial charge in [-0.05, 0) is 30.2 Å². The quantitative estimate of drug-likeness (QED) is 0.712. The Hall–Kier alpha value is -2.26. The number of anilines is 2. The number of nitrogen functional groups attached to an aromatic ring is 1. The Balaban J connectivity index is 1.74. The van der Waals surface area contributed by atoms with Crippen LogP contribution in [0.3, 0.4) is 0 Å². The summed E-state index contributed by atoms with van der Waals surface area (Å²) in [6.45, 7) is 0.778. The third kappa shape index (κ3) is 2.93. The monoisotopic (exact) mass is 297 g/mol. The van der Waals surface area contributed by atoms with Gasteiger partial charge in [0, 0.05) is 18.1 Å². The van der Waals surface area contributed by atoms with Gasteiger partial charge in [-0.3, -0.25) is 4.98 Å². The van der Waals surface area contributed by atoms with Crippen molar-refractivity contribution in [3.8, 4) is 0 Å². The number of hydrogen-bond acceptors (Lipinski definition) is 3. The number of rotatable bonds is 4. The van der Waals surface area contributed by atoms with Crippen LogP contribution in [0.5, 0.6) is 0 Å². The minimum atomic E-state index is 0.576. The van der Waals surface area contributed by atoms with Gasteiger partial charge in [-0.2, -0.15) is 0 Å². The molecule has 0 bridgehead atoms. The van der Waals surface area contributed by atoms with Crippen LogP contribution in [-0.4, -0.2) is 11.5 Å². The van der Waals surface area contributed by atoms with Crippen LogP contribution in [0.25, 0.3) is 10.9 Å². The largest absolute Gasteiger partial charge is 0.396 e. The Bertz CT molecular complexity index is 766. The number of pyridine rings is 1. The fourth-order valence-corrected chi connectivity index (χ4v) is 2.57. The van der Waals surface area contributed by atoms with Gasteiger partial charge in [0.05, 0.1) is 21.9 Å². The number of nitrogens with one attached hydrogen (secondary N) is 1. The number of benzene rings is 2. The minimum absolute atomic E-state index is 0.576. The Morgan fingerprint density at radius 1 is 1.05 bits per heavy atom. The number of nitrogens with zero attached hydrogens (tertiary/aromatic N) is 1. The van der Waals surface area contributed by atoms with E-state index in [1.165, 1.54) is 5.56 Å². The van der Waals surface area contributed by atoms with Crippen LogP contribution in [0.15, 0.2) is 54.7 Å². The number of fused-ring (bicyclic) bond motifs is 1.